The van der Waals surface area contributed by atoms with Crippen molar-refractivity contribution in [3.05, 3.63) is 60.0 Å². The molecule has 26 heavy (non-hydrogen) atoms. The van der Waals surface area contributed by atoms with Gasteiger partial charge in [0.1, 0.15) is 12.1 Å². The van der Waals surface area contributed by atoms with Crippen molar-refractivity contribution in [3.63, 3.8) is 0 Å². The van der Waals surface area contributed by atoms with E-state index >= 15 is 0 Å². The topological polar surface area (TPSA) is 102 Å². The van der Waals surface area contributed by atoms with Gasteiger partial charge in [-0.05, 0) is 37.6 Å². The first kappa shape index (κ1) is 16.5. The van der Waals surface area contributed by atoms with Crippen LogP contribution >= 0.6 is 0 Å². The van der Waals surface area contributed by atoms with Crippen LogP contribution in [-0.4, -0.2) is 29.9 Å². The Morgan fingerprint density at radius 1 is 1.08 bits per heavy atom. The number of anilines is 2. The van der Waals surface area contributed by atoms with Crippen LogP contribution in [0.1, 0.15) is 11.1 Å². The molecule has 0 spiro atoms. The Morgan fingerprint density at radius 3 is 2.62 bits per heavy atom. The minimum absolute atomic E-state index is 0.213. The maximum Gasteiger partial charge on any atom is 0.265 e. The van der Waals surface area contributed by atoms with Gasteiger partial charge in [-0.25, -0.2) is 27.7 Å². The van der Waals surface area contributed by atoms with Crippen LogP contribution in [0.15, 0.2) is 53.8 Å². The summed E-state index contributed by atoms with van der Waals surface area (Å²) in [6, 6.07) is 10.3. The van der Waals surface area contributed by atoms with Crippen LogP contribution in [0.3, 0.4) is 0 Å². The summed E-state index contributed by atoms with van der Waals surface area (Å²) >= 11 is 0. The third-order valence-corrected chi connectivity index (χ3v) is 6.23. The van der Waals surface area contributed by atoms with Crippen molar-refractivity contribution in [3.8, 4) is 11.3 Å². The number of sulfonamides is 1. The van der Waals surface area contributed by atoms with Gasteiger partial charge in [-0.1, -0.05) is 17.7 Å². The summed E-state index contributed by atoms with van der Waals surface area (Å²) in [5.74, 6) is 0.712. The fraction of sp³-hybridized carbons (Fsp3) is 0.167. The average Bonchev–Trinajstić information content (AvgIpc) is 2.81. The van der Waals surface area contributed by atoms with Crippen LogP contribution in [0.25, 0.3) is 11.3 Å². The second-order valence-corrected chi connectivity index (χ2v) is 7.96. The van der Waals surface area contributed by atoms with Crippen LogP contribution in [0, 0.1) is 6.92 Å². The number of aromatic nitrogens is 3. The van der Waals surface area contributed by atoms with E-state index in [2.05, 4.69) is 15.0 Å². The molecule has 1 aliphatic rings. The normalized spacial score (nSPS) is 13.7. The minimum atomic E-state index is -3.76. The van der Waals surface area contributed by atoms with E-state index in [1.165, 1.54) is 10.6 Å². The van der Waals surface area contributed by atoms with Gasteiger partial charge in [0, 0.05) is 23.9 Å². The Kier molecular flexibility index (Phi) is 3.84. The van der Waals surface area contributed by atoms with Crippen LogP contribution in [0.5, 0.6) is 0 Å². The third kappa shape index (κ3) is 2.59. The molecular weight excluding hydrogens is 350 g/mol. The molecule has 0 atom stereocenters. The Hall–Kier alpha value is -3.00. The number of aryl methyl sites for hydroxylation is 1. The molecule has 8 heteroatoms. The first-order chi connectivity index (χ1) is 12.5. The molecule has 0 unspecified atom stereocenters. The molecule has 0 aliphatic carbocycles. The summed E-state index contributed by atoms with van der Waals surface area (Å²) < 4.78 is 27.9. The second-order valence-electron chi connectivity index (χ2n) is 6.10. The smallest absolute Gasteiger partial charge is 0.265 e. The molecule has 0 saturated heterocycles. The average molecular weight is 367 g/mol. The maximum absolute atomic E-state index is 13.3. The first-order valence-electron chi connectivity index (χ1n) is 8.12. The van der Waals surface area contributed by atoms with Gasteiger partial charge in [-0.3, -0.25) is 0 Å². The quantitative estimate of drug-likeness (QED) is 0.745. The Labute approximate surface area is 151 Å². The number of benzene rings is 1. The second kappa shape index (κ2) is 6.06. The van der Waals surface area contributed by atoms with Crippen LogP contribution < -0.4 is 10.0 Å². The van der Waals surface area contributed by atoms with Crippen molar-refractivity contribution < 1.29 is 8.42 Å². The fourth-order valence-electron chi connectivity index (χ4n) is 3.08. The number of pyridine rings is 1. The molecule has 3 heterocycles. The molecule has 1 aromatic carbocycles. The molecule has 132 valence electrons. The van der Waals surface area contributed by atoms with Crippen molar-refractivity contribution in [2.45, 2.75) is 18.2 Å². The monoisotopic (exact) mass is 367 g/mol. The largest absolute Gasteiger partial charge is 0.383 e. The molecule has 2 aromatic heterocycles. The van der Waals surface area contributed by atoms with Gasteiger partial charge >= 0.3 is 0 Å². The molecule has 4 rings (SSSR count). The van der Waals surface area contributed by atoms with Gasteiger partial charge < -0.3 is 5.73 Å². The summed E-state index contributed by atoms with van der Waals surface area (Å²) in [5, 5.41) is 0. The molecule has 7 nitrogen and oxygen atoms in total. The summed E-state index contributed by atoms with van der Waals surface area (Å²) in [7, 11) is -3.76. The van der Waals surface area contributed by atoms with Crippen molar-refractivity contribution in [1.82, 2.24) is 15.0 Å². The van der Waals surface area contributed by atoms with E-state index < -0.39 is 10.0 Å². The summed E-state index contributed by atoms with van der Waals surface area (Å²) in [6.07, 6.45) is 3.37. The zero-order chi connectivity index (χ0) is 18.3. The highest BCUT2D eigenvalue weighted by Crippen LogP contribution is 2.37. The van der Waals surface area contributed by atoms with Gasteiger partial charge in [0.15, 0.2) is 5.82 Å². The first-order valence-corrected chi connectivity index (χ1v) is 9.56. The highest BCUT2D eigenvalue weighted by atomic mass is 32.2. The SMILES string of the molecule is Cc1ccc(S(=O)(=O)N2CCc3c(N)ncnc3-c3cccnc32)cc1. The number of nitrogens with zero attached hydrogens (tertiary/aromatic N) is 4. The molecule has 0 saturated carbocycles. The number of nitrogens with two attached hydrogens (primary N) is 1. The number of rotatable bonds is 2. The van der Waals surface area contributed by atoms with Gasteiger partial charge in [-0.2, -0.15) is 0 Å². The Morgan fingerprint density at radius 2 is 1.85 bits per heavy atom. The summed E-state index contributed by atoms with van der Waals surface area (Å²) in [4.78, 5) is 12.9. The van der Waals surface area contributed by atoms with E-state index in [0.717, 1.165) is 11.1 Å². The lowest BCUT2D eigenvalue weighted by atomic mass is 10.1. The highest BCUT2D eigenvalue weighted by Gasteiger charge is 2.32. The number of nitrogen functional groups attached to an aromatic ring is 1. The van der Waals surface area contributed by atoms with Crippen LogP contribution in [-0.2, 0) is 16.4 Å². The molecule has 2 N–H and O–H groups in total. The van der Waals surface area contributed by atoms with Crippen molar-refractivity contribution in [2.75, 3.05) is 16.6 Å². The zero-order valence-corrected chi connectivity index (χ0v) is 14.9. The molecule has 1 aliphatic heterocycles. The van der Waals surface area contributed by atoms with E-state index in [9.17, 15) is 8.42 Å². The lowest BCUT2D eigenvalue weighted by molar-refractivity contribution is 0.590. The zero-order valence-electron chi connectivity index (χ0n) is 14.1. The lowest BCUT2D eigenvalue weighted by Gasteiger charge is -2.23. The van der Waals surface area contributed by atoms with Gasteiger partial charge in [0.25, 0.3) is 10.0 Å². The van der Waals surface area contributed by atoms with Crippen LogP contribution in [0.4, 0.5) is 11.6 Å². The standard InChI is InChI=1S/C18H17N5O2S/c1-12-4-6-13(7-5-12)26(24,25)23-10-8-14-16(21-11-22-17(14)19)15-3-2-9-20-18(15)23/h2-7,9,11H,8,10H2,1H3,(H2,19,21,22). The van der Waals surface area contributed by atoms with Gasteiger partial charge in [0.2, 0.25) is 0 Å². The van der Waals surface area contributed by atoms with Crippen molar-refractivity contribution in [1.29, 1.82) is 0 Å². The predicted octanol–water partition coefficient (Wildman–Crippen LogP) is 2.18. The van der Waals surface area contributed by atoms with Gasteiger partial charge in [0.05, 0.1) is 10.6 Å². The maximum atomic E-state index is 13.3. The Balaban J connectivity index is 1.90. The van der Waals surface area contributed by atoms with E-state index in [-0.39, 0.29) is 11.4 Å². The van der Waals surface area contributed by atoms with Crippen molar-refractivity contribution >= 4 is 21.7 Å². The van der Waals surface area contributed by atoms with Crippen molar-refractivity contribution in [2.24, 2.45) is 0 Å². The van der Waals surface area contributed by atoms with E-state index in [1.54, 1.807) is 42.6 Å². The highest BCUT2D eigenvalue weighted by molar-refractivity contribution is 7.92. The van der Waals surface area contributed by atoms with E-state index in [0.29, 0.717) is 29.3 Å². The van der Waals surface area contributed by atoms with E-state index in [1.807, 2.05) is 6.92 Å². The Bertz CT molecular complexity index is 1080. The van der Waals surface area contributed by atoms with Crippen LogP contribution in [0.2, 0.25) is 0 Å². The fourth-order valence-corrected chi connectivity index (χ4v) is 4.52. The lowest BCUT2D eigenvalue weighted by Crippen LogP contribution is -2.33. The molecular formula is C18H17N5O2S. The van der Waals surface area contributed by atoms with Gasteiger partial charge in [-0.15, -0.1) is 0 Å². The number of hydrogen-bond acceptors (Lipinski definition) is 6. The summed E-state index contributed by atoms with van der Waals surface area (Å²) in [5.41, 5.74) is 9.00. The minimum Gasteiger partial charge on any atom is -0.383 e. The molecule has 0 bridgehead atoms. The molecule has 3 aromatic rings. The molecule has 0 fully saturated rings. The third-order valence-electron chi connectivity index (χ3n) is 4.43. The number of hydrogen-bond donors (Lipinski definition) is 1. The summed E-state index contributed by atoms with van der Waals surface area (Å²) in [6.45, 7) is 2.13. The molecule has 0 radical (unpaired) electrons. The predicted molar refractivity (Wildman–Crippen MR) is 99.1 cm³/mol. The van der Waals surface area contributed by atoms with E-state index in [4.69, 9.17) is 5.73 Å². The molecule has 0 amide bonds. The number of fused-ring (bicyclic) bond motifs is 3.